The molecule has 6 nitrogen and oxygen atoms in total. The van der Waals surface area contributed by atoms with Gasteiger partial charge in [-0.05, 0) is 44.3 Å². The predicted octanol–water partition coefficient (Wildman–Crippen LogP) is 2.91. The first kappa shape index (κ1) is 19.8. The molecule has 2 aromatic rings. The predicted molar refractivity (Wildman–Crippen MR) is 115 cm³/mol. The zero-order valence-electron chi connectivity index (χ0n) is 17.9. The van der Waals surface area contributed by atoms with E-state index in [-0.39, 0.29) is 23.5 Å². The minimum Gasteiger partial charge on any atom is -0.373 e. The third-order valence-corrected chi connectivity index (χ3v) is 7.05. The molecule has 0 spiro atoms. The molecule has 5 rings (SSSR count). The molecular weight excluding hydrogens is 376 g/mol. The van der Waals surface area contributed by atoms with Crippen molar-refractivity contribution in [3.8, 4) is 0 Å². The summed E-state index contributed by atoms with van der Waals surface area (Å²) in [5.41, 5.74) is 1.88. The van der Waals surface area contributed by atoms with E-state index >= 15 is 0 Å². The molecule has 0 radical (unpaired) electrons. The number of amides is 1. The maximum absolute atomic E-state index is 13.9. The molecule has 30 heavy (non-hydrogen) atoms. The fourth-order valence-electron chi connectivity index (χ4n) is 5.28. The van der Waals surface area contributed by atoms with Gasteiger partial charge in [0.05, 0.1) is 30.4 Å². The van der Waals surface area contributed by atoms with Crippen molar-refractivity contribution in [3.05, 3.63) is 53.9 Å². The van der Waals surface area contributed by atoms with Crippen LogP contribution in [-0.2, 0) is 22.0 Å². The molecule has 1 aliphatic carbocycles. The summed E-state index contributed by atoms with van der Waals surface area (Å²) in [5.74, 6) is 0.259. The van der Waals surface area contributed by atoms with E-state index in [0.717, 1.165) is 43.6 Å². The Labute approximate surface area is 178 Å². The fraction of sp³-hybridized carbons (Fsp3) is 0.583. The van der Waals surface area contributed by atoms with E-state index in [9.17, 15) is 4.79 Å². The molecule has 0 N–H and O–H groups in total. The number of aryl methyl sites for hydroxylation is 1. The van der Waals surface area contributed by atoms with Crippen molar-refractivity contribution in [2.75, 3.05) is 32.8 Å². The van der Waals surface area contributed by atoms with Crippen molar-refractivity contribution in [1.29, 1.82) is 0 Å². The number of nitrogens with zero attached hydrogens (tertiary/aromatic N) is 4. The summed E-state index contributed by atoms with van der Waals surface area (Å²) < 4.78 is 8.13. The molecule has 6 heteroatoms. The molecule has 2 saturated heterocycles. The van der Waals surface area contributed by atoms with Crippen molar-refractivity contribution in [2.45, 2.75) is 49.7 Å². The Morgan fingerprint density at radius 1 is 1.13 bits per heavy atom. The lowest BCUT2D eigenvalue weighted by Crippen LogP contribution is -2.54. The van der Waals surface area contributed by atoms with Gasteiger partial charge in [-0.3, -0.25) is 9.48 Å². The van der Waals surface area contributed by atoms with E-state index in [1.54, 1.807) is 0 Å². The highest BCUT2D eigenvalue weighted by molar-refractivity contribution is 5.91. The average molecular weight is 409 g/mol. The van der Waals surface area contributed by atoms with Crippen LogP contribution in [0, 0.1) is 0 Å². The second kappa shape index (κ2) is 8.16. The quantitative estimate of drug-likeness (QED) is 0.763. The first-order valence-electron chi connectivity index (χ1n) is 11.4. The van der Waals surface area contributed by atoms with Gasteiger partial charge in [0.2, 0.25) is 5.91 Å². The van der Waals surface area contributed by atoms with Crippen LogP contribution in [0.15, 0.2) is 42.7 Å². The third-order valence-electron chi connectivity index (χ3n) is 7.05. The summed E-state index contributed by atoms with van der Waals surface area (Å²) >= 11 is 0. The smallest absolute Gasteiger partial charge is 0.233 e. The number of carbonyl (C=O) groups is 1. The van der Waals surface area contributed by atoms with Gasteiger partial charge in [-0.25, -0.2) is 0 Å². The van der Waals surface area contributed by atoms with Gasteiger partial charge < -0.3 is 14.5 Å². The number of likely N-dealkylation sites (tertiary alicyclic amines) is 1. The van der Waals surface area contributed by atoms with Crippen LogP contribution in [-0.4, -0.2) is 64.4 Å². The number of hydrogen-bond donors (Lipinski definition) is 0. The van der Waals surface area contributed by atoms with E-state index in [2.05, 4.69) is 27.0 Å². The highest BCUT2D eigenvalue weighted by Gasteiger charge is 2.55. The third kappa shape index (κ3) is 3.67. The average Bonchev–Trinajstić information content (AvgIpc) is 3.49. The first-order chi connectivity index (χ1) is 14.7. The molecule has 1 aromatic heterocycles. The van der Waals surface area contributed by atoms with Crippen LogP contribution in [0.4, 0.5) is 0 Å². The summed E-state index contributed by atoms with van der Waals surface area (Å²) in [6.45, 7) is 4.38. The molecular formula is C24H32N4O2. The number of carbonyl (C=O) groups excluding carboxylic acids is 1. The lowest BCUT2D eigenvalue weighted by atomic mass is 9.91. The topological polar surface area (TPSA) is 50.6 Å². The molecule has 0 bridgehead atoms. The van der Waals surface area contributed by atoms with Crippen LogP contribution in [0.2, 0.25) is 0 Å². The Bertz CT molecular complexity index is 870. The lowest BCUT2D eigenvalue weighted by molar-refractivity contribution is -0.151. The Kier molecular flexibility index (Phi) is 5.37. The maximum Gasteiger partial charge on any atom is 0.233 e. The molecule has 2 aliphatic heterocycles. The summed E-state index contributed by atoms with van der Waals surface area (Å²) in [4.78, 5) is 18.6. The van der Waals surface area contributed by atoms with Gasteiger partial charge in [-0.15, -0.1) is 0 Å². The van der Waals surface area contributed by atoms with Gasteiger partial charge in [0.25, 0.3) is 0 Å². The number of morpholine rings is 1. The van der Waals surface area contributed by atoms with Crippen molar-refractivity contribution >= 4 is 5.91 Å². The zero-order valence-corrected chi connectivity index (χ0v) is 17.9. The van der Waals surface area contributed by atoms with Crippen molar-refractivity contribution in [3.63, 3.8) is 0 Å². The van der Waals surface area contributed by atoms with Gasteiger partial charge in [-0.2, -0.15) is 5.10 Å². The van der Waals surface area contributed by atoms with Crippen LogP contribution < -0.4 is 0 Å². The zero-order chi connectivity index (χ0) is 20.6. The Morgan fingerprint density at radius 3 is 2.57 bits per heavy atom. The molecule has 1 saturated carbocycles. The van der Waals surface area contributed by atoms with Crippen molar-refractivity contribution in [1.82, 2.24) is 19.6 Å². The summed E-state index contributed by atoms with van der Waals surface area (Å²) in [7, 11) is 1.94. The van der Waals surface area contributed by atoms with Gasteiger partial charge in [0, 0.05) is 31.9 Å². The number of ether oxygens (including phenoxy) is 1. The second-order valence-electron chi connectivity index (χ2n) is 9.11. The highest BCUT2D eigenvalue weighted by atomic mass is 16.5. The lowest BCUT2D eigenvalue weighted by Gasteiger charge is -2.44. The number of rotatable bonds is 5. The van der Waals surface area contributed by atoms with E-state index in [1.165, 1.54) is 19.3 Å². The van der Waals surface area contributed by atoms with Crippen LogP contribution >= 0.6 is 0 Å². The van der Waals surface area contributed by atoms with Gasteiger partial charge >= 0.3 is 0 Å². The Morgan fingerprint density at radius 2 is 1.90 bits per heavy atom. The van der Waals surface area contributed by atoms with E-state index < -0.39 is 0 Å². The number of aromatic nitrogens is 2. The van der Waals surface area contributed by atoms with Crippen molar-refractivity contribution in [2.24, 2.45) is 7.05 Å². The second-order valence-corrected chi connectivity index (χ2v) is 9.11. The Hall–Kier alpha value is -2.18. The van der Waals surface area contributed by atoms with Gasteiger partial charge in [-0.1, -0.05) is 36.8 Å². The summed E-state index contributed by atoms with van der Waals surface area (Å²) in [6.07, 6.45) is 9.63. The molecule has 3 fully saturated rings. The molecule has 3 aliphatic rings. The largest absolute Gasteiger partial charge is 0.373 e. The molecule has 3 heterocycles. The van der Waals surface area contributed by atoms with Gasteiger partial charge in [0.1, 0.15) is 0 Å². The summed E-state index contributed by atoms with van der Waals surface area (Å²) in [6, 6.07) is 10.2. The van der Waals surface area contributed by atoms with Crippen LogP contribution in [0.25, 0.3) is 0 Å². The molecule has 0 unspecified atom stereocenters. The number of piperidine rings is 1. The fourth-order valence-corrected chi connectivity index (χ4v) is 5.28. The minimum atomic E-state index is -0.352. The first-order valence-corrected chi connectivity index (χ1v) is 11.4. The Balaban J connectivity index is 1.44. The van der Waals surface area contributed by atoms with Crippen LogP contribution in [0.5, 0.6) is 0 Å². The number of hydrogen-bond acceptors (Lipinski definition) is 4. The summed E-state index contributed by atoms with van der Waals surface area (Å²) in [5, 5.41) is 4.41. The number of benzene rings is 1. The molecule has 1 aromatic carbocycles. The van der Waals surface area contributed by atoms with Gasteiger partial charge in [0.15, 0.2) is 0 Å². The molecule has 1 amide bonds. The van der Waals surface area contributed by atoms with Crippen LogP contribution in [0.1, 0.15) is 49.3 Å². The van der Waals surface area contributed by atoms with E-state index in [4.69, 9.17) is 4.74 Å². The minimum absolute atomic E-state index is 0.0171. The highest BCUT2D eigenvalue weighted by Crippen LogP contribution is 2.51. The molecule has 160 valence electrons. The monoisotopic (exact) mass is 408 g/mol. The standard InChI is InChI=1S/C24H32N4O2/c1-26-17-19(16-25-26)22-21(18-27-12-6-3-7-13-27)30-15-14-28(22)23(29)24(10-11-24)20-8-4-2-5-9-20/h2,4-5,8-9,16-17,21-22H,3,6-7,10-15,18H2,1H3/t21-,22-/m0/s1. The SMILES string of the molecule is Cn1cc([C@H]2[C@H](CN3CCCCC3)OCCN2C(=O)C2(c3ccccc3)CC2)cn1. The van der Waals surface area contributed by atoms with Crippen LogP contribution in [0.3, 0.4) is 0 Å². The normalized spacial score (nSPS) is 26.5. The van der Waals surface area contributed by atoms with Crippen molar-refractivity contribution < 1.29 is 9.53 Å². The van der Waals surface area contributed by atoms with E-state index in [0.29, 0.717) is 13.2 Å². The maximum atomic E-state index is 13.9. The molecule has 2 atom stereocenters. The van der Waals surface area contributed by atoms with E-state index in [1.807, 2.05) is 42.3 Å².